The quantitative estimate of drug-likeness (QED) is 0.807. The van der Waals surface area contributed by atoms with Crippen molar-refractivity contribution >= 4 is 15.9 Å². The van der Waals surface area contributed by atoms with Crippen molar-refractivity contribution < 1.29 is 9.84 Å². The van der Waals surface area contributed by atoms with E-state index in [9.17, 15) is 5.11 Å². The van der Waals surface area contributed by atoms with Crippen LogP contribution >= 0.6 is 15.9 Å². The molecule has 0 aliphatic carbocycles. The van der Waals surface area contributed by atoms with E-state index in [-0.39, 0.29) is 6.61 Å². The van der Waals surface area contributed by atoms with Crippen LogP contribution in [-0.4, -0.2) is 24.9 Å². The van der Waals surface area contributed by atoms with Gasteiger partial charge in [0.25, 0.3) is 0 Å². The van der Waals surface area contributed by atoms with Crippen molar-refractivity contribution in [3.63, 3.8) is 0 Å². The lowest BCUT2D eigenvalue weighted by Crippen LogP contribution is -2.40. The molecule has 0 aromatic heterocycles. The molecular weight excluding hydrogens is 330 g/mol. The second-order valence-electron chi connectivity index (χ2n) is 5.06. The molecule has 0 amide bonds. The number of hydrogen-bond donors (Lipinski definition) is 2. The Hall–Kier alpha value is -1.36. The molecule has 2 rings (SSSR count). The number of nitrogens with two attached hydrogens (primary N) is 1. The number of aliphatic hydroxyl groups excluding tert-OH is 1. The molecule has 4 heteroatoms. The van der Waals surface area contributed by atoms with Gasteiger partial charge in [-0.05, 0) is 30.2 Å². The maximum Gasteiger partial charge on any atom is 0.120 e. The highest BCUT2D eigenvalue weighted by molar-refractivity contribution is 9.10. The molecule has 112 valence electrons. The van der Waals surface area contributed by atoms with E-state index in [0.717, 1.165) is 15.8 Å². The molecule has 2 aromatic rings. The first-order valence-electron chi connectivity index (χ1n) is 6.95. The Bertz CT molecular complexity index is 556. The molecule has 0 saturated heterocycles. The van der Waals surface area contributed by atoms with Gasteiger partial charge in [0.05, 0.1) is 13.2 Å². The molecular formula is C17H20BrNO2. The zero-order valence-corrected chi connectivity index (χ0v) is 13.4. The predicted octanol–water partition coefficient (Wildman–Crippen LogP) is 3.11. The Labute approximate surface area is 133 Å². The molecule has 2 aromatic carbocycles. The second kappa shape index (κ2) is 7.59. The second-order valence-corrected chi connectivity index (χ2v) is 5.98. The van der Waals surface area contributed by atoms with Crippen LogP contribution < -0.4 is 10.5 Å². The van der Waals surface area contributed by atoms with Crippen LogP contribution in [-0.2, 0) is 5.41 Å². The Morgan fingerprint density at radius 1 is 1.10 bits per heavy atom. The third kappa shape index (κ3) is 4.06. The minimum absolute atomic E-state index is 0.00928. The summed E-state index contributed by atoms with van der Waals surface area (Å²) in [5.74, 6) is 0.807. The molecule has 3 N–H and O–H groups in total. The van der Waals surface area contributed by atoms with Crippen molar-refractivity contribution in [2.75, 3.05) is 19.8 Å². The van der Waals surface area contributed by atoms with Crippen LogP contribution in [0.5, 0.6) is 5.75 Å². The molecule has 3 nitrogen and oxygen atoms in total. The zero-order chi connectivity index (χ0) is 15.1. The van der Waals surface area contributed by atoms with Crippen LogP contribution in [0.1, 0.15) is 12.0 Å². The molecule has 1 unspecified atom stereocenters. The fourth-order valence-electron chi connectivity index (χ4n) is 2.31. The number of rotatable bonds is 7. The van der Waals surface area contributed by atoms with Gasteiger partial charge >= 0.3 is 0 Å². The molecule has 21 heavy (non-hydrogen) atoms. The summed E-state index contributed by atoms with van der Waals surface area (Å²) in [6.07, 6.45) is 0.663. The van der Waals surface area contributed by atoms with E-state index in [1.165, 1.54) is 0 Å². The van der Waals surface area contributed by atoms with Crippen LogP contribution in [0.3, 0.4) is 0 Å². The first kappa shape index (κ1) is 16.0. The van der Waals surface area contributed by atoms with E-state index in [2.05, 4.69) is 15.9 Å². The van der Waals surface area contributed by atoms with Crippen molar-refractivity contribution in [3.05, 3.63) is 64.6 Å². The monoisotopic (exact) mass is 349 g/mol. The molecule has 0 bridgehead atoms. The largest absolute Gasteiger partial charge is 0.494 e. The van der Waals surface area contributed by atoms with Crippen LogP contribution in [0.4, 0.5) is 0 Å². The normalized spacial score (nSPS) is 13.7. The summed E-state index contributed by atoms with van der Waals surface area (Å²) in [6.45, 7) is 0.897. The van der Waals surface area contributed by atoms with Crippen molar-refractivity contribution in [1.29, 1.82) is 0 Å². The lowest BCUT2D eigenvalue weighted by Gasteiger charge is -2.31. The van der Waals surface area contributed by atoms with Gasteiger partial charge in [-0.1, -0.05) is 52.3 Å². The van der Waals surface area contributed by atoms with Gasteiger partial charge < -0.3 is 15.6 Å². The minimum Gasteiger partial charge on any atom is -0.494 e. The summed E-state index contributed by atoms with van der Waals surface area (Å²) >= 11 is 3.42. The lowest BCUT2D eigenvalue weighted by molar-refractivity contribution is 0.163. The van der Waals surface area contributed by atoms with Crippen molar-refractivity contribution in [2.24, 2.45) is 5.73 Å². The van der Waals surface area contributed by atoms with Crippen LogP contribution in [0.2, 0.25) is 0 Å². The Balaban J connectivity index is 2.04. The molecule has 0 heterocycles. The standard InChI is InChI=1S/C17H20BrNO2/c18-15-7-4-8-16(11-15)21-10-9-17(12-19,13-20)14-5-2-1-3-6-14/h1-8,11,20H,9-10,12-13,19H2. The summed E-state index contributed by atoms with van der Waals surface area (Å²) in [7, 11) is 0. The summed E-state index contributed by atoms with van der Waals surface area (Å²) in [6, 6.07) is 17.6. The highest BCUT2D eigenvalue weighted by Gasteiger charge is 2.29. The highest BCUT2D eigenvalue weighted by Crippen LogP contribution is 2.27. The first-order chi connectivity index (χ1) is 10.2. The van der Waals surface area contributed by atoms with Gasteiger partial charge in [-0.15, -0.1) is 0 Å². The van der Waals surface area contributed by atoms with Crippen LogP contribution in [0.25, 0.3) is 0 Å². The maximum atomic E-state index is 9.83. The van der Waals surface area contributed by atoms with Crippen molar-refractivity contribution in [1.82, 2.24) is 0 Å². The number of benzene rings is 2. The van der Waals surface area contributed by atoms with E-state index in [1.807, 2.05) is 54.6 Å². The van der Waals surface area contributed by atoms with Gasteiger partial charge in [-0.3, -0.25) is 0 Å². The Morgan fingerprint density at radius 3 is 2.48 bits per heavy atom. The SMILES string of the molecule is NCC(CO)(CCOc1cccc(Br)c1)c1ccccc1. The minimum atomic E-state index is -0.451. The summed E-state index contributed by atoms with van der Waals surface area (Å²) in [5.41, 5.74) is 6.53. The molecule has 0 spiro atoms. The molecule has 0 aliphatic rings. The van der Waals surface area contributed by atoms with E-state index >= 15 is 0 Å². The average Bonchev–Trinajstić information content (AvgIpc) is 2.53. The number of hydrogen-bond acceptors (Lipinski definition) is 3. The summed E-state index contributed by atoms with van der Waals surface area (Å²) < 4.78 is 6.75. The Morgan fingerprint density at radius 2 is 1.86 bits per heavy atom. The third-order valence-corrected chi connectivity index (χ3v) is 4.22. The zero-order valence-electron chi connectivity index (χ0n) is 11.8. The van der Waals surface area contributed by atoms with Gasteiger partial charge in [-0.2, -0.15) is 0 Å². The van der Waals surface area contributed by atoms with E-state index < -0.39 is 5.41 Å². The summed E-state index contributed by atoms with van der Waals surface area (Å²) in [5, 5.41) is 9.83. The topological polar surface area (TPSA) is 55.5 Å². The molecule has 0 fully saturated rings. The van der Waals surface area contributed by atoms with Crippen LogP contribution in [0.15, 0.2) is 59.1 Å². The van der Waals surface area contributed by atoms with Gasteiger partial charge in [0.2, 0.25) is 0 Å². The lowest BCUT2D eigenvalue weighted by atomic mass is 9.78. The van der Waals surface area contributed by atoms with Gasteiger partial charge in [-0.25, -0.2) is 0 Å². The van der Waals surface area contributed by atoms with Crippen LogP contribution in [0, 0.1) is 0 Å². The molecule has 0 saturated carbocycles. The molecule has 0 aliphatic heterocycles. The third-order valence-electron chi connectivity index (χ3n) is 3.72. The number of ether oxygens (including phenoxy) is 1. The van der Waals surface area contributed by atoms with Crippen molar-refractivity contribution in [3.8, 4) is 5.75 Å². The van der Waals surface area contributed by atoms with E-state index in [1.54, 1.807) is 0 Å². The highest BCUT2D eigenvalue weighted by atomic mass is 79.9. The Kier molecular flexibility index (Phi) is 5.79. The predicted molar refractivity (Wildman–Crippen MR) is 88.5 cm³/mol. The van der Waals surface area contributed by atoms with Gasteiger partial charge in [0, 0.05) is 16.4 Å². The van der Waals surface area contributed by atoms with Gasteiger partial charge in [0.1, 0.15) is 5.75 Å². The first-order valence-corrected chi connectivity index (χ1v) is 7.74. The maximum absolute atomic E-state index is 9.83. The fourth-order valence-corrected chi connectivity index (χ4v) is 2.69. The smallest absolute Gasteiger partial charge is 0.120 e. The van der Waals surface area contributed by atoms with E-state index in [4.69, 9.17) is 10.5 Å². The molecule has 0 radical (unpaired) electrons. The van der Waals surface area contributed by atoms with E-state index in [0.29, 0.717) is 19.6 Å². The summed E-state index contributed by atoms with van der Waals surface area (Å²) in [4.78, 5) is 0. The number of aliphatic hydroxyl groups is 1. The van der Waals surface area contributed by atoms with Crippen molar-refractivity contribution in [2.45, 2.75) is 11.8 Å². The average molecular weight is 350 g/mol. The van der Waals surface area contributed by atoms with Gasteiger partial charge in [0.15, 0.2) is 0 Å². The fraction of sp³-hybridized carbons (Fsp3) is 0.294. The molecule has 1 atom stereocenters. The number of halogens is 1.